The van der Waals surface area contributed by atoms with Gasteiger partial charge in [-0.05, 0) is 0 Å². The van der Waals surface area contributed by atoms with E-state index in [1.54, 1.807) is 0 Å². The number of halogens is 4. The van der Waals surface area contributed by atoms with E-state index in [-0.39, 0.29) is 24.1 Å². The Morgan fingerprint density at radius 2 is 2.21 bits per heavy atom. The molecule has 0 radical (unpaired) electrons. The Kier molecular flexibility index (Phi) is 3.78. The molecule has 0 N–H and O–H groups in total. The average molecular weight is 293 g/mol. The first-order valence-electron chi connectivity index (χ1n) is 5.28. The Bertz CT molecular complexity index is 516. The first kappa shape index (κ1) is 13.8. The number of ether oxygens (including phenoxy) is 1. The third-order valence-corrected chi connectivity index (χ3v) is 2.66. The number of hydrogen-bond acceptors (Lipinski definition) is 5. The maximum Gasteiger partial charge on any atom is 0.451 e. The molecule has 0 spiro atoms. The van der Waals surface area contributed by atoms with Crippen LogP contribution >= 0.6 is 11.6 Å². The van der Waals surface area contributed by atoms with Crippen LogP contribution in [0.1, 0.15) is 5.82 Å². The van der Waals surface area contributed by atoms with Gasteiger partial charge in [0.1, 0.15) is 11.0 Å². The van der Waals surface area contributed by atoms with Crippen molar-refractivity contribution in [2.24, 2.45) is 0 Å². The van der Waals surface area contributed by atoms with E-state index in [0.29, 0.717) is 6.54 Å². The van der Waals surface area contributed by atoms with E-state index in [4.69, 9.17) is 21.6 Å². The molecule has 1 saturated heterocycles. The van der Waals surface area contributed by atoms with Gasteiger partial charge in [0.25, 0.3) is 0 Å². The summed E-state index contributed by atoms with van der Waals surface area (Å²) in [4.78, 5) is 8.10. The maximum atomic E-state index is 12.6. The predicted octanol–water partition coefficient (Wildman–Crippen LogP) is 1.88. The predicted molar refractivity (Wildman–Crippen MR) is 59.6 cm³/mol. The van der Waals surface area contributed by atoms with E-state index < -0.39 is 18.1 Å². The lowest BCUT2D eigenvalue weighted by molar-refractivity contribution is -0.144. The monoisotopic (exact) mass is 292 g/mol. The first-order chi connectivity index (χ1) is 8.90. The highest BCUT2D eigenvalue weighted by Crippen LogP contribution is 2.29. The molecule has 1 aliphatic rings. The molecule has 5 nitrogen and oxygen atoms in total. The van der Waals surface area contributed by atoms with Crippen molar-refractivity contribution in [1.82, 2.24) is 9.97 Å². The smallest absolute Gasteiger partial charge is 0.360 e. The second-order valence-electron chi connectivity index (χ2n) is 3.80. The number of anilines is 1. The highest BCUT2D eigenvalue weighted by atomic mass is 35.5. The second-order valence-corrected chi connectivity index (χ2v) is 4.19. The molecule has 1 fully saturated rings. The molecule has 2 heterocycles. The van der Waals surface area contributed by atoms with Crippen LogP contribution in [0.2, 0.25) is 5.15 Å². The summed E-state index contributed by atoms with van der Waals surface area (Å²) in [5, 5.41) is 8.46. The van der Waals surface area contributed by atoms with E-state index in [2.05, 4.69) is 9.97 Å². The van der Waals surface area contributed by atoms with Crippen molar-refractivity contribution >= 4 is 17.4 Å². The summed E-state index contributed by atoms with van der Waals surface area (Å²) in [7, 11) is 0. The molecule has 102 valence electrons. The van der Waals surface area contributed by atoms with E-state index in [1.807, 2.05) is 6.07 Å². The van der Waals surface area contributed by atoms with Gasteiger partial charge in [-0.3, -0.25) is 0 Å². The van der Waals surface area contributed by atoms with Crippen LogP contribution in [-0.4, -0.2) is 35.8 Å². The standard InChI is InChI=1S/C10H8ClF3N4O/c11-7-3-8(17-9(16-7)10(12,13)14)18-1-2-19-6(4-15)5-18/h3,6H,1-2,5H2. The molecule has 2 rings (SSSR count). The number of morpholine rings is 1. The summed E-state index contributed by atoms with van der Waals surface area (Å²) in [5.74, 6) is -1.26. The molecule has 0 amide bonds. The lowest BCUT2D eigenvalue weighted by Gasteiger charge is -2.30. The van der Waals surface area contributed by atoms with Gasteiger partial charge >= 0.3 is 6.18 Å². The number of rotatable bonds is 1. The fourth-order valence-corrected chi connectivity index (χ4v) is 1.81. The normalized spacial score (nSPS) is 20.2. The molecule has 0 aromatic carbocycles. The number of aromatic nitrogens is 2. The summed E-state index contributed by atoms with van der Waals surface area (Å²) >= 11 is 5.57. The Hall–Kier alpha value is -1.59. The lowest BCUT2D eigenvalue weighted by atomic mass is 10.3. The first-order valence-corrected chi connectivity index (χ1v) is 5.66. The van der Waals surface area contributed by atoms with Crippen molar-refractivity contribution in [2.45, 2.75) is 12.3 Å². The molecular weight excluding hydrogens is 285 g/mol. The Morgan fingerprint density at radius 3 is 2.84 bits per heavy atom. The summed E-state index contributed by atoms with van der Waals surface area (Å²) in [6.45, 7) is 0.713. The van der Waals surface area contributed by atoms with Gasteiger partial charge in [0.15, 0.2) is 6.10 Å². The van der Waals surface area contributed by atoms with Gasteiger partial charge < -0.3 is 9.64 Å². The molecule has 1 atom stereocenters. The third-order valence-electron chi connectivity index (χ3n) is 2.47. The van der Waals surface area contributed by atoms with Crippen LogP contribution in [0.3, 0.4) is 0 Å². The molecule has 1 aromatic heterocycles. The zero-order chi connectivity index (χ0) is 14.0. The van der Waals surface area contributed by atoms with Gasteiger partial charge in [-0.1, -0.05) is 11.6 Å². The van der Waals surface area contributed by atoms with E-state index in [9.17, 15) is 13.2 Å². The van der Waals surface area contributed by atoms with Crippen molar-refractivity contribution in [3.8, 4) is 6.07 Å². The lowest BCUT2D eigenvalue weighted by Crippen LogP contribution is -2.42. The van der Waals surface area contributed by atoms with Gasteiger partial charge in [-0.25, -0.2) is 9.97 Å². The molecule has 1 unspecified atom stereocenters. The highest BCUT2D eigenvalue weighted by molar-refractivity contribution is 6.29. The van der Waals surface area contributed by atoms with Crippen LogP contribution in [0.25, 0.3) is 0 Å². The second kappa shape index (κ2) is 5.19. The van der Waals surface area contributed by atoms with Crippen molar-refractivity contribution in [2.75, 3.05) is 24.6 Å². The number of nitriles is 1. The zero-order valence-electron chi connectivity index (χ0n) is 9.48. The van der Waals surface area contributed by atoms with Gasteiger partial charge in [-0.15, -0.1) is 0 Å². The van der Waals surface area contributed by atoms with Crippen molar-refractivity contribution in [3.63, 3.8) is 0 Å². The number of hydrogen-bond donors (Lipinski definition) is 0. The van der Waals surface area contributed by atoms with E-state index >= 15 is 0 Å². The minimum Gasteiger partial charge on any atom is -0.360 e. The third kappa shape index (κ3) is 3.24. The van der Waals surface area contributed by atoms with Crippen LogP contribution < -0.4 is 4.90 Å². The maximum absolute atomic E-state index is 12.6. The molecular formula is C10H8ClF3N4O. The minimum atomic E-state index is -4.67. The summed E-state index contributed by atoms with van der Waals surface area (Å²) in [6, 6.07) is 3.13. The molecule has 1 aromatic rings. The van der Waals surface area contributed by atoms with E-state index in [0.717, 1.165) is 0 Å². The van der Waals surface area contributed by atoms with Gasteiger partial charge in [0.05, 0.1) is 19.2 Å². The molecule has 0 bridgehead atoms. The van der Waals surface area contributed by atoms with Crippen molar-refractivity contribution < 1.29 is 17.9 Å². The molecule has 9 heteroatoms. The Labute approximate surface area is 111 Å². The molecule has 0 aliphatic carbocycles. The molecule has 19 heavy (non-hydrogen) atoms. The zero-order valence-corrected chi connectivity index (χ0v) is 10.2. The van der Waals surface area contributed by atoms with Crippen LogP contribution in [0, 0.1) is 11.3 Å². The minimum absolute atomic E-state index is 0.0378. The summed E-state index contributed by atoms with van der Waals surface area (Å²) in [6.07, 6.45) is -5.36. The van der Waals surface area contributed by atoms with Crippen molar-refractivity contribution in [3.05, 3.63) is 17.0 Å². The van der Waals surface area contributed by atoms with Crippen LogP contribution in [0.5, 0.6) is 0 Å². The summed E-state index contributed by atoms with van der Waals surface area (Å²) in [5.41, 5.74) is 0. The number of nitrogens with zero attached hydrogens (tertiary/aromatic N) is 4. The van der Waals surface area contributed by atoms with Crippen LogP contribution in [0.15, 0.2) is 6.07 Å². The average Bonchev–Trinajstić information content (AvgIpc) is 2.37. The summed E-state index contributed by atoms with van der Waals surface area (Å²) < 4.78 is 42.8. The van der Waals surface area contributed by atoms with Crippen LogP contribution in [0.4, 0.5) is 19.0 Å². The van der Waals surface area contributed by atoms with Crippen LogP contribution in [-0.2, 0) is 10.9 Å². The largest absolute Gasteiger partial charge is 0.451 e. The quantitative estimate of drug-likeness (QED) is 0.740. The fourth-order valence-electron chi connectivity index (χ4n) is 1.63. The Balaban J connectivity index is 2.30. The van der Waals surface area contributed by atoms with Gasteiger partial charge in [0.2, 0.25) is 5.82 Å². The SMILES string of the molecule is N#CC1CN(c2cc(Cl)nc(C(F)(F)F)n2)CCO1. The topological polar surface area (TPSA) is 62.0 Å². The van der Waals surface area contributed by atoms with Gasteiger partial charge in [0, 0.05) is 12.6 Å². The molecule has 1 aliphatic heterocycles. The van der Waals surface area contributed by atoms with Gasteiger partial charge in [-0.2, -0.15) is 18.4 Å². The molecule has 0 saturated carbocycles. The number of alkyl halides is 3. The highest BCUT2D eigenvalue weighted by Gasteiger charge is 2.36. The van der Waals surface area contributed by atoms with Crippen molar-refractivity contribution in [1.29, 1.82) is 5.26 Å². The Morgan fingerprint density at radius 1 is 1.47 bits per heavy atom. The fraction of sp³-hybridized carbons (Fsp3) is 0.500. The van der Waals surface area contributed by atoms with E-state index in [1.165, 1.54) is 11.0 Å².